The highest BCUT2D eigenvalue weighted by Gasteiger charge is 2.29. The first kappa shape index (κ1) is 19.0. The van der Waals surface area contributed by atoms with Crippen LogP contribution in [-0.4, -0.2) is 29.6 Å². The fourth-order valence-corrected chi connectivity index (χ4v) is 3.70. The van der Waals surface area contributed by atoms with E-state index in [9.17, 15) is 14.4 Å². The zero-order valence-corrected chi connectivity index (χ0v) is 15.7. The van der Waals surface area contributed by atoms with Crippen molar-refractivity contribution < 1.29 is 19.1 Å². The molecule has 3 rings (SSSR count). The SMILES string of the molecule is CCc1ccc(NC(=O)COC(=O)C[C@@H]2Sc3ccccc3NC2=O)cc1. The fraction of sp³-hybridized carbons (Fsp3) is 0.250. The van der Waals surface area contributed by atoms with E-state index in [4.69, 9.17) is 4.74 Å². The van der Waals surface area contributed by atoms with Gasteiger partial charge in [-0.25, -0.2) is 0 Å². The standard InChI is InChI=1S/C20H20N2O4S/c1-2-13-7-9-14(10-8-13)21-18(23)12-26-19(24)11-17-20(25)22-15-5-3-4-6-16(15)27-17/h3-10,17H,2,11-12H2,1H3,(H,21,23)(H,22,25)/t17-/m0/s1. The molecule has 2 amide bonds. The summed E-state index contributed by atoms with van der Waals surface area (Å²) in [7, 11) is 0. The van der Waals surface area contributed by atoms with Crippen molar-refractivity contribution in [2.24, 2.45) is 0 Å². The number of thioether (sulfide) groups is 1. The molecule has 0 saturated carbocycles. The summed E-state index contributed by atoms with van der Waals surface area (Å²) in [5, 5.41) is 4.88. The summed E-state index contributed by atoms with van der Waals surface area (Å²) in [4.78, 5) is 36.9. The number of ether oxygens (including phenoxy) is 1. The van der Waals surface area contributed by atoms with Gasteiger partial charge in [0.05, 0.1) is 17.4 Å². The number of para-hydroxylation sites is 1. The quantitative estimate of drug-likeness (QED) is 0.747. The Morgan fingerprint density at radius 2 is 1.89 bits per heavy atom. The third-order valence-electron chi connectivity index (χ3n) is 4.07. The molecule has 1 atom stereocenters. The van der Waals surface area contributed by atoms with Crippen LogP contribution in [0.25, 0.3) is 0 Å². The van der Waals surface area contributed by atoms with E-state index in [-0.39, 0.29) is 18.9 Å². The summed E-state index contributed by atoms with van der Waals surface area (Å²) < 4.78 is 5.02. The third-order valence-corrected chi connectivity index (χ3v) is 5.34. The van der Waals surface area contributed by atoms with Crippen molar-refractivity contribution in [2.75, 3.05) is 17.2 Å². The number of rotatable bonds is 6. The molecule has 140 valence electrons. The molecule has 2 aromatic carbocycles. The Morgan fingerprint density at radius 3 is 2.63 bits per heavy atom. The Morgan fingerprint density at radius 1 is 1.15 bits per heavy atom. The van der Waals surface area contributed by atoms with Gasteiger partial charge in [-0.05, 0) is 36.2 Å². The molecule has 6 nitrogen and oxygen atoms in total. The number of nitrogens with one attached hydrogen (secondary N) is 2. The first-order valence-corrected chi connectivity index (χ1v) is 9.54. The van der Waals surface area contributed by atoms with Crippen LogP contribution in [0, 0.1) is 0 Å². The van der Waals surface area contributed by atoms with Crippen molar-refractivity contribution in [3.8, 4) is 0 Å². The molecular formula is C20H20N2O4S. The van der Waals surface area contributed by atoms with Gasteiger partial charge in [-0.2, -0.15) is 0 Å². The van der Waals surface area contributed by atoms with Crippen LogP contribution in [0.1, 0.15) is 18.9 Å². The van der Waals surface area contributed by atoms with E-state index >= 15 is 0 Å². The molecule has 0 radical (unpaired) electrons. The Labute approximate surface area is 161 Å². The van der Waals surface area contributed by atoms with Crippen molar-refractivity contribution in [3.05, 3.63) is 54.1 Å². The van der Waals surface area contributed by atoms with Crippen LogP contribution in [-0.2, 0) is 25.5 Å². The van der Waals surface area contributed by atoms with Crippen LogP contribution in [0.3, 0.4) is 0 Å². The molecule has 7 heteroatoms. The normalized spacial score (nSPS) is 15.4. The minimum atomic E-state index is -0.585. The molecule has 1 aliphatic rings. The zero-order valence-electron chi connectivity index (χ0n) is 14.9. The molecule has 1 aliphatic heterocycles. The summed E-state index contributed by atoms with van der Waals surface area (Å²) in [6.07, 6.45) is 0.826. The Balaban J connectivity index is 1.46. The molecule has 0 unspecified atom stereocenters. The highest BCUT2D eigenvalue weighted by Crippen LogP contribution is 2.36. The maximum absolute atomic E-state index is 12.1. The van der Waals surface area contributed by atoms with Crippen LogP contribution in [0.2, 0.25) is 0 Å². The number of carbonyl (C=O) groups is 3. The molecular weight excluding hydrogens is 364 g/mol. The lowest BCUT2D eigenvalue weighted by Crippen LogP contribution is -2.32. The van der Waals surface area contributed by atoms with E-state index in [0.717, 1.165) is 17.0 Å². The lowest BCUT2D eigenvalue weighted by molar-refractivity contribution is -0.147. The lowest BCUT2D eigenvalue weighted by atomic mass is 10.1. The molecule has 0 aromatic heterocycles. The number of fused-ring (bicyclic) bond motifs is 1. The van der Waals surface area contributed by atoms with E-state index in [2.05, 4.69) is 17.6 Å². The predicted octanol–water partition coefficient (Wildman–Crippen LogP) is 3.23. The third kappa shape index (κ3) is 5.10. The second kappa shape index (κ2) is 8.73. The van der Waals surface area contributed by atoms with Gasteiger partial charge in [-0.3, -0.25) is 14.4 Å². The maximum Gasteiger partial charge on any atom is 0.307 e. The summed E-state index contributed by atoms with van der Waals surface area (Å²) in [5.41, 5.74) is 2.56. The highest BCUT2D eigenvalue weighted by molar-refractivity contribution is 8.01. The van der Waals surface area contributed by atoms with Gasteiger partial charge >= 0.3 is 5.97 Å². The molecule has 2 aromatic rings. The number of benzene rings is 2. The molecule has 0 spiro atoms. The first-order valence-electron chi connectivity index (χ1n) is 8.66. The van der Waals surface area contributed by atoms with Crippen LogP contribution < -0.4 is 10.6 Å². The summed E-state index contributed by atoms with van der Waals surface area (Å²) in [6, 6.07) is 14.9. The van der Waals surface area contributed by atoms with Gasteiger partial charge < -0.3 is 15.4 Å². The Bertz CT molecular complexity index is 851. The minimum Gasteiger partial charge on any atom is -0.456 e. The summed E-state index contributed by atoms with van der Waals surface area (Å²) in [5.74, 6) is -1.24. The number of carbonyl (C=O) groups excluding carboxylic acids is 3. The van der Waals surface area contributed by atoms with Crippen molar-refractivity contribution in [3.63, 3.8) is 0 Å². The first-order chi connectivity index (χ1) is 13.0. The molecule has 0 bridgehead atoms. The smallest absolute Gasteiger partial charge is 0.307 e. The van der Waals surface area contributed by atoms with E-state index in [1.807, 2.05) is 36.4 Å². The number of hydrogen-bond donors (Lipinski definition) is 2. The second-order valence-corrected chi connectivity index (χ2v) is 7.30. The van der Waals surface area contributed by atoms with Crippen molar-refractivity contribution in [2.45, 2.75) is 29.9 Å². The summed E-state index contributed by atoms with van der Waals surface area (Å²) >= 11 is 1.32. The van der Waals surface area contributed by atoms with Crippen LogP contribution in [0.15, 0.2) is 53.4 Å². The van der Waals surface area contributed by atoms with E-state index < -0.39 is 17.1 Å². The average Bonchev–Trinajstić information content (AvgIpc) is 2.67. The molecule has 0 fully saturated rings. The minimum absolute atomic E-state index is 0.0939. The van der Waals surface area contributed by atoms with Gasteiger partial charge in [0, 0.05) is 10.6 Å². The predicted molar refractivity (Wildman–Crippen MR) is 105 cm³/mol. The lowest BCUT2D eigenvalue weighted by Gasteiger charge is -2.23. The van der Waals surface area contributed by atoms with Gasteiger partial charge in [0.25, 0.3) is 5.91 Å². The zero-order chi connectivity index (χ0) is 19.2. The number of anilines is 2. The maximum atomic E-state index is 12.1. The molecule has 0 aliphatic carbocycles. The van der Waals surface area contributed by atoms with Gasteiger partial charge in [0.15, 0.2) is 6.61 Å². The number of aryl methyl sites for hydroxylation is 1. The van der Waals surface area contributed by atoms with Gasteiger partial charge in [0.2, 0.25) is 5.91 Å². The highest BCUT2D eigenvalue weighted by atomic mass is 32.2. The molecule has 2 N–H and O–H groups in total. The van der Waals surface area contributed by atoms with Crippen molar-refractivity contribution in [1.82, 2.24) is 0 Å². The fourth-order valence-electron chi connectivity index (χ4n) is 2.60. The Kier molecular flexibility index (Phi) is 6.13. The van der Waals surface area contributed by atoms with Crippen LogP contribution in [0.4, 0.5) is 11.4 Å². The molecule has 1 heterocycles. The Hall–Kier alpha value is -2.80. The van der Waals surface area contributed by atoms with Gasteiger partial charge in [0.1, 0.15) is 0 Å². The number of amides is 2. The molecule has 27 heavy (non-hydrogen) atoms. The monoisotopic (exact) mass is 384 g/mol. The van der Waals surface area contributed by atoms with E-state index in [1.165, 1.54) is 17.3 Å². The van der Waals surface area contributed by atoms with Gasteiger partial charge in [-0.1, -0.05) is 31.2 Å². The van der Waals surface area contributed by atoms with Crippen LogP contribution >= 0.6 is 11.8 Å². The van der Waals surface area contributed by atoms with E-state index in [0.29, 0.717) is 5.69 Å². The largest absolute Gasteiger partial charge is 0.456 e. The summed E-state index contributed by atoms with van der Waals surface area (Å²) in [6.45, 7) is 1.67. The average molecular weight is 384 g/mol. The van der Waals surface area contributed by atoms with Gasteiger partial charge in [-0.15, -0.1) is 11.8 Å². The molecule has 0 saturated heterocycles. The number of esters is 1. The van der Waals surface area contributed by atoms with Crippen molar-refractivity contribution in [1.29, 1.82) is 0 Å². The topological polar surface area (TPSA) is 84.5 Å². The second-order valence-electron chi connectivity index (χ2n) is 6.06. The van der Waals surface area contributed by atoms with Crippen molar-refractivity contribution >= 4 is 40.9 Å². The van der Waals surface area contributed by atoms with Crippen LogP contribution in [0.5, 0.6) is 0 Å². The van der Waals surface area contributed by atoms with E-state index in [1.54, 1.807) is 12.1 Å². The number of hydrogen-bond acceptors (Lipinski definition) is 5.